The highest BCUT2D eigenvalue weighted by molar-refractivity contribution is 5.85. The second-order valence-electron chi connectivity index (χ2n) is 4.54. The predicted octanol–water partition coefficient (Wildman–Crippen LogP) is 4.38. The van der Waals surface area contributed by atoms with Gasteiger partial charge in [0, 0.05) is 17.1 Å². The molecule has 0 aliphatic heterocycles. The Morgan fingerprint density at radius 1 is 1.00 bits per heavy atom. The molecule has 1 heterocycles. The average Bonchev–Trinajstić information content (AvgIpc) is 2.53. The van der Waals surface area contributed by atoms with Gasteiger partial charge in [0.1, 0.15) is 5.76 Å². The Morgan fingerprint density at radius 3 is 2.55 bits per heavy atom. The van der Waals surface area contributed by atoms with Crippen LogP contribution in [0.15, 0.2) is 66.9 Å². The minimum Gasteiger partial charge on any atom is -0.496 e. The molecule has 2 heteroatoms. The summed E-state index contributed by atoms with van der Waals surface area (Å²) in [6.07, 6.45) is 3.87. The number of para-hydroxylation sites is 1. The van der Waals surface area contributed by atoms with Crippen molar-refractivity contribution in [1.82, 2.24) is 4.98 Å². The third-order valence-corrected chi connectivity index (χ3v) is 3.19. The average molecular weight is 261 g/mol. The first kappa shape index (κ1) is 12.4. The van der Waals surface area contributed by atoms with E-state index >= 15 is 0 Å². The maximum Gasteiger partial charge on any atom is 0.128 e. The predicted molar refractivity (Wildman–Crippen MR) is 83.1 cm³/mol. The van der Waals surface area contributed by atoms with Gasteiger partial charge in [-0.25, -0.2) is 0 Å². The number of ether oxygens (including phenoxy) is 1. The van der Waals surface area contributed by atoms with Gasteiger partial charge >= 0.3 is 0 Å². The van der Waals surface area contributed by atoms with Gasteiger partial charge < -0.3 is 4.74 Å². The SMILES string of the molecule is CO/C(=C\c1ccccc1)c1cnc2ccccc2c1. The molecule has 1 aromatic heterocycles. The smallest absolute Gasteiger partial charge is 0.128 e. The Kier molecular flexibility index (Phi) is 3.46. The van der Waals surface area contributed by atoms with E-state index in [2.05, 4.69) is 17.1 Å². The quantitative estimate of drug-likeness (QED) is 0.653. The van der Waals surface area contributed by atoms with Gasteiger partial charge in [-0.05, 0) is 23.8 Å². The summed E-state index contributed by atoms with van der Waals surface area (Å²) in [5.41, 5.74) is 3.08. The molecule has 0 amide bonds. The summed E-state index contributed by atoms with van der Waals surface area (Å²) in [7, 11) is 1.68. The summed E-state index contributed by atoms with van der Waals surface area (Å²) in [6, 6.07) is 20.3. The lowest BCUT2D eigenvalue weighted by atomic mass is 10.1. The summed E-state index contributed by atoms with van der Waals surface area (Å²) in [5, 5.41) is 1.11. The molecule has 2 aromatic carbocycles. The topological polar surface area (TPSA) is 22.1 Å². The zero-order valence-electron chi connectivity index (χ0n) is 11.3. The minimum absolute atomic E-state index is 0.814. The lowest BCUT2D eigenvalue weighted by Crippen LogP contribution is -1.90. The maximum absolute atomic E-state index is 5.51. The zero-order valence-corrected chi connectivity index (χ0v) is 11.3. The number of pyridine rings is 1. The number of benzene rings is 2. The van der Waals surface area contributed by atoms with Gasteiger partial charge in [0.15, 0.2) is 0 Å². The Morgan fingerprint density at radius 2 is 1.75 bits per heavy atom. The third kappa shape index (κ3) is 2.54. The number of hydrogen-bond acceptors (Lipinski definition) is 2. The van der Waals surface area contributed by atoms with Crippen molar-refractivity contribution in [3.05, 3.63) is 78.0 Å². The highest BCUT2D eigenvalue weighted by Gasteiger charge is 2.04. The monoisotopic (exact) mass is 261 g/mol. The molecule has 0 spiro atoms. The molecule has 0 unspecified atom stereocenters. The van der Waals surface area contributed by atoms with E-state index in [1.165, 1.54) is 0 Å². The van der Waals surface area contributed by atoms with Crippen molar-refractivity contribution in [3.63, 3.8) is 0 Å². The summed E-state index contributed by atoms with van der Waals surface area (Å²) < 4.78 is 5.51. The van der Waals surface area contributed by atoms with Gasteiger partial charge in [-0.1, -0.05) is 48.5 Å². The molecule has 3 aromatic rings. The molecule has 0 saturated carbocycles. The van der Waals surface area contributed by atoms with Crippen LogP contribution in [-0.2, 0) is 4.74 Å². The number of nitrogens with zero attached hydrogens (tertiary/aromatic N) is 1. The Hall–Kier alpha value is -2.61. The summed E-state index contributed by atoms with van der Waals surface area (Å²) in [5.74, 6) is 0.814. The van der Waals surface area contributed by atoms with E-state index in [-0.39, 0.29) is 0 Å². The van der Waals surface area contributed by atoms with Crippen molar-refractivity contribution >= 4 is 22.7 Å². The molecule has 0 fully saturated rings. The normalized spacial score (nSPS) is 11.6. The van der Waals surface area contributed by atoms with E-state index < -0.39 is 0 Å². The minimum atomic E-state index is 0.814. The molecule has 0 saturated heterocycles. The largest absolute Gasteiger partial charge is 0.496 e. The summed E-state index contributed by atoms with van der Waals surface area (Å²) in [6.45, 7) is 0. The molecule has 98 valence electrons. The number of aromatic nitrogens is 1. The molecule has 3 rings (SSSR count). The number of methoxy groups -OCH3 is 1. The van der Waals surface area contributed by atoms with Gasteiger partial charge in [0.25, 0.3) is 0 Å². The van der Waals surface area contributed by atoms with Crippen LogP contribution in [0.3, 0.4) is 0 Å². The number of hydrogen-bond donors (Lipinski definition) is 0. The molecule has 0 aliphatic carbocycles. The van der Waals surface area contributed by atoms with E-state index in [0.29, 0.717) is 0 Å². The van der Waals surface area contributed by atoms with Crippen LogP contribution in [0.2, 0.25) is 0 Å². The Labute approximate surface area is 118 Å². The van der Waals surface area contributed by atoms with Gasteiger partial charge in [-0.3, -0.25) is 4.98 Å². The molecule has 0 bridgehead atoms. The Balaban J connectivity index is 2.05. The number of fused-ring (bicyclic) bond motifs is 1. The van der Waals surface area contributed by atoms with Crippen LogP contribution in [-0.4, -0.2) is 12.1 Å². The molecule has 20 heavy (non-hydrogen) atoms. The standard InChI is InChI=1S/C18H15NO/c1-20-18(11-14-7-3-2-4-8-14)16-12-15-9-5-6-10-17(15)19-13-16/h2-13H,1H3/b18-11-. The van der Waals surface area contributed by atoms with Crippen molar-refractivity contribution in [3.8, 4) is 0 Å². The molecular formula is C18H15NO. The van der Waals surface area contributed by atoms with Gasteiger partial charge in [-0.15, -0.1) is 0 Å². The van der Waals surface area contributed by atoms with Crippen molar-refractivity contribution in [2.24, 2.45) is 0 Å². The highest BCUT2D eigenvalue weighted by atomic mass is 16.5. The lowest BCUT2D eigenvalue weighted by Gasteiger charge is -2.07. The van der Waals surface area contributed by atoms with Crippen molar-refractivity contribution in [1.29, 1.82) is 0 Å². The molecular weight excluding hydrogens is 246 g/mol. The lowest BCUT2D eigenvalue weighted by molar-refractivity contribution is 0.372. The summed E-state index contributed by atoms with van der Waals surface area (Å²) >= 11 is 0. The van der Waals surface area contributed by atoms with Gasteiger partial charge in [0.2, 0.25) is 0 Å². The van der Waals surface area contributed by atoms with E-state index in [4.69, 9.17) is 4.74 Å². The van der Waals surface area contributed by atoms with E-state index in [1.54, 1.807) is 7.11 Å². The second kappa shape index (κ2) is 5.57. The molecule has 0 atom stereocenters. The van der Waals surface area contributed by atoms with E-state index in [0.717, 1.165) is 27.8 Å². The van der Waals surface area contributed by atoms with Crippen LogP contribution in [0, 0.1) is 0 Å². The first-order chi connectivity index (χ1) is 9.86. The molecule has 0 aliphatic rings. The second-order valence-corrected chi connectivity index (χ2v) is 4.54. The fourth-order valence-corrected chi connectivity index (χ4v) is 2.17. The highest BCUT2D eigenvalue weighted by Crippen LogP contribution is 2.21. The van der Waals surface area contributed by atoms with E-state index in [1.807, 2.05) is 60.8 Å². The Bertz CT molecular complexity index is 747. The molecule has 0 radical (unpaired) electrons. The van der Waals surface area contributed by atoms with Gasteiger partial charge in [0.05, 0.1) is 12.6 Å². The van der Waals surface area contributed by atoms with Crippen LogP contribution >= 0.6 is 0 Å². The van der Waals surface area contributed by atoms with Crippen LogP contribution < -0.4 is 0 Å². The third-order valence-electron chi connectivity index (χ3n) is 3.19. The zero-order chi connectivity index (χ0) is 13.8. The first-order valence-corrected chi connectivity index (χ1v) is 6.53. The van der Waals surface area contributed by atoms with Crippen molar-refractivity contribution < 1.29 is 4.74 Å². The van der Waals surface area contributed by atoms with Crippen LogP contribution in [0.5, 0.6) is 0 Å². The fourth-order valence-electron chi connectivity index (χ4n) is 2.17. The molecule has 2 nitrogen and oxygen atoms in total. The van der Waals surface area contributed by atoms with Crippen LogP contribution in [0.1, 0.15) is 11.1 Å². The van der Waals surface area contributed by atoms with E-state index in [9.17, 15) is 0 Å². The van der Waals surface area contributed by atoms with Crippen LogP contribution in [0.4, 0.5) is 0 Å². The fraction of sp³-hybridized carbons (Fsp3) is 0.0556. The van der Waals surface area contributed by atoms with Crippen LogP contribution in [0.25, 0.3) is 22.7 Å². The van der Waals surface area contributed by atoms with Gasteiger partial charge in [-0.2, -0.15) is 0 Å². The number of rotatable bonds is 3. The first-order valence-electron chi connectivity index (χ1n) is 6.53. The summed E-state index contributed by atoms with van der Waals surface area (Å²) in [4.78, 5) is 4.47. The van der Waals surface area contributed by atoms with Crippen molar-refractivity contribution in [2.75, 3.05) is 7.11 Å². The maximum atomic E-state index is 5.51. The van der Waals surface area contributed by atoms with Crippen molar-refractivity contribution in [2.45, 2.75) is 0 Å². The molecule has 0 N–H and O–H groups in total.